The van der Waals surface area contributed by atoms with Crippen molar-refractivity contribution in [3.8, 4) is 0 Å². The van der Waals surface area contributed by atoms with Crippen molar-refractivity contribution < 1.29 is 14.7 Å². The Balaban J connectivity index is 1.71. The van der Waals surface area contributed by atoms with Crippen molar-refractivity contribution in [3.63, 3.8) is 0 Å². The number of carbonyl (C=O) groups is 2. The molecular formula is C22H31NO3. The van der Waals surface area contributed by atoms with E-state index < -0.39 is 11.4 Å². The van der Waals surface area contributed by atoms with E-state index in [9.17, 15) is 14.7 Å². The molecule has 3 rings (SSSR count). The van der Waals surface area contributed by atoms with E-state index in [0.29, 0.717) is 31.8 Å². The molecule has 26 heavy (non-hydrogen) atoms. The molecule has 1 amide bonds. The molecule has 1 aromatic carbocycles. The summed E-state index contributed by atoms with van der Waals surface area (Å²) >= 11 is 0. The highest BCUT2D eigenvalue weighted by molar-refractivity contribution is 5.83. The largest absolute Gasteiger partial charge is 0.481 e. The smallest absolute Gasteiger partial charge is 0.314 e. The molecule has 0 aromatic heterocycles. The van der Waals surface area contributed by atoms with Gasteiger partial charge in [-0.25, -0.2) is 0 Å². The molecule has 4 heteroatoms. The first-order valence-electron chi connectivity index (χ1n) is 9.81. The monoisotopic (exact) mass is 357 g/mol. The van der Waals surface area contributed by atoms with E-state index in [0.717, 1.165) is 18.4 Å². The SMILES string of the molecule is CC1CC(C(=O)N2CCC(C(=O)O)(c3ccccc3)CC2)CC(C)(C)C1. The first kappa shape index (κ1) is 18.9. The molecule has 1 aromatic rings. The number of carboxylic acid groups (broad SMARTS) is 1. The Morgan fingerprint density at radius 1 is 1.08 bits per heavy atom. The van der Waals surface area contributed by atoms with Crippen LogP contribution in [0.15, 0.2) is 30.3 Å². The third-order valence-electron chi connectivity index (χ3n) is 6.40. The molecule has 1 heterocycles. The summed E-state index contributed by atoms with van der Waals surface area (Å²) < 4.78 is 0. The summed E-state index contributed by atoms with van der Waals surface area (Å²) in [6, 6.07) is 9.49. The highest BCUT2D eigenvalue weighted by Crippen LogP contribution is 2.43. The summed E-state index contributed by atoms with van der Waals surface area (Å²) in [5.41, 5.74) is 0.201. The predicted octanol–water partition coefficient (Wildman–Crippen LogP) is 4.09. The van der Waals surface area contributed by atoms with Gasteiger partial charge in [0.1, 0.15) is 0 Å². The van der Waals surface area contributed by atoms with Crippen LogP contribution in [-0.2, 0) is 15.0 Å². The standard InChI is InChI=1S/C22H31NO3/c1-16-13-17(15-21(2,3)14-16)19(24)23-11-9-22(10-12-23,20(25)26)18-7-5-4-6-8-18/h4-8,16-17H,9-15H2,1-3H3,(H,25,26). The van der Waals surface area contributed by atoms with E-state index in [4.69, 9.17) is 0 Å². The number of carbonyl (C=O) groups excluding carboxylic acids is 1. The zero-order valence-electron chi connectivity index (χ0n) is 16.2. The Hall–Kier alpha value is -1.84. The lowest BCUT2D eigenvalue weighted by Crippen LogP contribution is -2.51. The minimum Gasteiger partial charge on any atom is -0.481 e. The van der Waals surface area contributed by atoms with Crippen LogP contribution in [0, 0.1) is 17.3 Å². The molecule has 2 atom stereocenters. The highest BCUT2D eigenvalue weighted by atomic mass is 16.4. The van der Waals surface area contributed by atoms with Gasteiger partial charge in [0.05, 0.1) is 5.41 Å². The Labute approximate surface area is 156 Å². The van der Waals surface area contributed by atoms with Crippen molar-refractivity contribution in [2.45, 2.75) is 58.3 Å². The van der Waals surface area contributed by atoms with E-state index in [2.05, 4.69) is 20.8 Å². The lowest BCUT2D eigenvalue weighted by atomic mass is 9.67. The van der Waals surface area contributed by atoms with Crippen LogP contribution in [0.3, 0.4) is 0 Å². The molecule has 0 radical (unpaired) electrons. The normalized spacial score (nSPS) is 27.7. The Kier molecular flexibility index (Phi) is 5.14. The molecule has 1 saturated heterocycles. The molecule has 1 aliphatic heterocycles. The van der Waals surface area contributed by atoms with Crippen molar-refractivity contribution in [1.29, 1.82) is 0 Å². The quantitative estimate of drug-likeness (QED) is 0.886. The number of rotatable bonds is 3. The van der Waals surface area contributed by atoms with E-state index in [-0.39, 0.29) is 17.2 Å². The zero-order valence-corrected chi connectivity index (χ0v) is 16.2. The number of hydrogen-bond donors (Lipinski definition) is 1. The van der Waals surface area contributed by atoms with Crippen LogP contribution in [0.2, 0.25) is 0 Å². The topological polar surface area (TPSA) is 57.6 Å². The van der Waals surface area contributed by atoms with Crippen molar-refractivity contribution in [2.24, 2.45) is 17.3 Å². The first-order chi connectivity index (χ1) is 12.2. The molecule has 1 saturated carbocycles. The Bertz CT molecular complexity index is 659. The lowest BCUT2D eigenvalue weighted by Gasteiger charge is -2.43. The molecule has 142 valence electrons. The fourth-order valence-corrected chi connectivity index (χ4v) is 5.28. The van der Waals surface area contributed by atoms with E-state index in [1.54, 1.807) is 0 Å². The molecule has 2 aliphatic rings. The number of hydrogen-bond acceptors (Lipinski definition) is 2. The van der Waals surface area contributed by atoms with Gasteiger partial charge >= 0.3 is 5.97 Å². The van der Waals surface area contributed by atoms with Gasteiger partial charge < -0.3 is 10.0 Å². The number of piperidine rings is 1. The summed E-state index contributed by atoms with van der Waals surface area (Å²) in [6.07, 6.45) is 4.05. The van der Waals surface area contributed by atoms with Crippen LogP contribution in [-0.4, -0.2) is 35.0 Å². The van der Waals surface area contributed by atoms with Crippen molar-refractivity contribution in [3.05, 3.63) is 35.9 Å². The Morgan fingerprint density at radius 3 is 2.23 bits per heavy atom. The first-order valence-corrected chi connectivity index (χ1v) is 9.81. The number of nitrogens with zero attached hydrogens (tertiary/aromatic N) is 1. The van der Waals surface area contributed by atoms with Gasteiger partial charge in [-0.1, -0.05) is 51.1 Å². The molecule has 2 fully saturated rings. The van der Waals surface area contributed by atoms with Crippen LogP contribution in [0.1, 0.15) is 58.4 Å². The third-order valence-corrected chi connectivity index (χ3v) is 6.40. The second-order valence-corrected chi connectivity index (χ2v) is 9.19. The predicted molar refractivity (Wildman–Crippen MR) is 102 cm³/mol. The average molecular weight is 357 g/mol. The van der Waals surface area contributed by atoms with E-state index in [1.807, 2.05) is 35.2 Å². The molecule has 2 unspecified atom stereocenters. The van der Waals surface area contributed by atoms with Gasteiger partial charge in [0.2, 0.25) is 5.91 Å². The molecule has 1 aliphatic carbocycles. The fourth-order valence-electron chi connectivity index (χ4n) is 5.28. The minimum atomic E-state index is -0.864. The second kappa shape index (κ2) is 7.05. The summed E-state index contributed by atoms with van der Waals surface area (Å²) in [5.74, 6) is 0.114. The fraction of sp³-hybridized carbons (Fsp3) is 0.636. The van der Waals surface area contributed by atoms with Crippen LogP contribution in [0.4, 0.5) is 0 Å². The summed E-state index contributed by atoms with van der Waals surface area (Å²) in [4.78, 5) is 27.1. The number of carboxylic acids is 1. The van der Waals surface area contributed by atoms with Crippen LogP contribution < -0.4 is 0 Å². The molecule has 1 N–H and O–H groups in total. The Morgan fingerprint density at radius 2 is 1.69 bits per heavy atom. The molecule has 0 bridgehead atoms. The summed E-state index contributed by atoms with van der Waals surface area (Å²) in [7, 11) is 0. The maximum Gasteiger partial charge on any atom is 0.314 e. The zero-order chi connectivity index (χ0) is 18.9. The van der Waals surface area contributed by atoms with Gasteiger partial charge in [0.15, 0.2) is 0 Å². The molecule has 4 nitrogen and oxygen atoms in total. The number of benzene rings is 1. The van der Waals surface area contributed by atoms with Crippen LogP contribution >= 0.6 is 0 Å². The summed E-state index contributed by atoms with van der Waals surface area (Å²) in [5, 5.41) is 9.92. The maximum absolute atomic E-state index is 13.1. The number of amides is 1. The molecule has 0 spiro atoms. The minimum absolute atomic E-state index is 0.0859. The average Bonchev–Trinajstić information content (AvgIpc) is 2.60. The van der Waals surface area contributed by atoms with E-state index in [1.165, 1.54) is 6.42 Å². The third kappa shape index (κ3) is 3.65. The second-order valence-electron chi connectivity index (χ2n) is 9.19. The number of aliphatic carboxylic acids is 1. The van der Waals surface area contributed by atoms with Gasteiger partial charge in [-0.05, 0) is 49.0 Å². The van der Waals surface area contributed by atoms with E-state index >= 15 is 0 Å². The van der Waals surface area contributed by atoms with Gasteiger partial charge in [0, 0.05) is 19.0 Å². The van der Waals surface area contributed by atoms with Crippen molar-refractivity contribution in [2.75, 3.05) is 13.1 Å². The lowest BCUT2D eigenvalue weighted by molar-refractivity contribution is -0.150. The van der Waals surface area contributed by atoms with Gasteiger partial charge in [0.25, 0.3) is 0 Å². The highest BCUT2D eigenvalue weighted by Gasteiger charge is 2.45. The number of likely N-dealkylation sites (tertiary alicyclic amines) is 1. The van der Waals surface area contributed by atoms with Crippen LogP contribution in [0.25, 0.3) is 0 Å². The van der Waals surface area contributed by atoms with Crippen molar-refractivity contribution in [1.82, 2.24) is 4.90 Å². The van der Waals surface area contributed by atoms with Crippen LogP contribution in [0.5, 0.6) is 0 Å². The van der Waals surface area contributed by atoms with Gasteiger partial charge in [-0.15, -0.1) is 0 Å². The van der Waals surface area contributed by atoms with Gasteiger partial charge in [-0.3, -0.25) is 9.59 Å². The van der Waals surface area contributed by atoms with Gasteiger partial charge in [-0.2, -0.15) is 0 Å². The molecular weight excluding hydrogens is 326 g/mol. The maximum atomic E-state index is 13.1. The van der Waals surface area contributed by atoms with Crippen molar-refractivity contribution >= 4 is 11.9 Å². The summed E-state index contributed by atoms with van der Waals surface area (Å²) in [6.45, 7) is 7.81.